The van der Waals surface area contributed by atoms with Crippen molar-refractivity contribution in [2.75, 3.05) is 19.8 Å². The molecule has 0 rings (SSSR count). The Hall–Kier alpha value is -2.03. The maximum atomic E-state index is 12.5. The van der Waals surface area contributed by atoms with Gasteiger partial charge in [0.2, 0.25) is 6.04 Å². The first-order valence-electron chi connectivity index (χ1n) is 19.4. The Balaban J connectivity index is 4.15. The molecule has 0 aromatic heterocycles. The summed E-state index contributed by atoms with van der Waals surface area (Å²) in [5.74, 6) is -2.15. The topological polar surface area (TPSA) is 129 Å². The molecule has 2 unspecified atom stereocenters. The Morgan fingerprint density at radius 2 is 0.872 bits per heavy atom. The van der Waals surface area contributed by atoms with Crippen molar-refractivity contribution in [2.24, 2.45) is 5.18 Å². The van der Waals surface area contributed by atoms with Gasteiger partial charge in [-0.1, -0.05) is 173 Å². The van der Waals surface area contributed by atoms with E-state index in [1.807, 2.05) is 0 Å². The highest BCUT2D eigenvalue weighted by Crippen LogP contribution is 2.15. The van der Waals surface area contributed by atoms with Gasteiger partial charge in [0.15, 0.2) is 6.10 Å². The number of carboxylic acid groups (broad SMARTS) is 1. The Morgan fingerprint density at radius 1 is 0.511 bits per heavy atom. The van der Waals surface area contributed by atoms with Gasteiger partial charge >= 0.3 is 17.9 Å². The third kappa shape index (κ3) is 32.3. The molecular formula is C38H71NO8. The first kappa shape index (κ1) is 45.0. The highest BCUT2D eigenvalue weighted by Gasteiger charge is 2.22. The molecule has 9 nitrogen and oxygen atoms in total. The third-order valence-corrected chi connectivity index (χ3v) is 8.69. The lowest BCUT2D eigenvalue weighted by Crippen LogP contribution is -2.32. The van der Waals surface area contributed by atoms with Crippen LogP contribution in [0.1, 0.15) is 194 Å². The number of hydrogen-bond donors (Lipinski definition) is 1. The molecular weight excluding hydrogens is 598 g/mol. The van der Waals surface area contributed by atoms with Gasteiger partial charge < -0.3 is 19.3 Å². The summed E-state index contributed by atoms with van der Waals surface area (Å²) in [6.07, 6.45) is 31.4. The Morgan fingerprint density at radius 3 is 1.23 bits per heavy atom. The summed E-state index contributed by atoms with van der Waals surface area (Å²) in [7, 11) is 0. The summed E-state index contributed by atoms with van der Waals surface area (Å²) < 4.78 is 16.2. The number of rotatable bonds is 37. The van der Waals surface area contributed by atoms with E-state index in [4.69, 9.17) is 19.3 Å². The van der Waals surface area contributed by atoms with Crippen molar-refractivity contribution in [1.29, 1.82) is 0 Å². The zero-order valence-corrected chi connectivity index (χ0v) is 30.3. The molecule has 0 fully saturated rings. The Bertz CT molecular complexity index is 747. The van der Waals surface area contributed by atoms with Crippen LogP contribution in [-0.4, -0.2) is 55.0 Å². The van der Waals surface area contributed by atoms with Crippen LogP contribution in [0, 0.1) is 4.91 Å². The van der Waals surface area contributed by atoms with E-state index in [0.717, 1.165) is 38.5 Å². The minimum absolute atomic E-state index is 0.173. The van der Waals surface area contributed by atoms with Crippen LogP contribution in [0.15, 0.2) is 5.18 Å². The maximum absolute atomic E-state index is 12.5. The third-order valence-electron chi connectivity index (χ3n) is 8.69. The van der Waals surface area contributed by atoms with Crippen LogP contribution in [0.4, 0.5) is 0 Å². The van der Waals surface area contributed by atoms with Crippen LogP contribution in [0.3, 0.4) is 0 Å². The summed E-state index contributed by atoms with van der Waals surface area (Å²) in [5.41, 5.74) is 0. The van der Waals surface area contributed by atoms with Crippen LogP contribution in [0.2, 0.25) is 0 Å². The van der Waals surface area contributed by atoms with Crippen molar-refractivity contribution in [3.63, 3.8) is 0 Å². The van der Waals surface area contributed by atoms with E-state index in [-0.39, 0.29) is 25.6 Å². The second-order valence-electron chi connectivity index (χ2n) is 13.3. The number of carboxylic acids is 1. The Kier molecular flexibility index (Phi) is 33.8. The number of carbonyl (C=O) groups excluding carboxylic acids is 2. The number of nitroso groups, excluding NO2 is 1. The predicted molar refractivity (Wildman–Crippen MR) is 190 cm³/mol. The average Bonchev–Trinajstić information content (AvgIpc) is 3.05. The highest BCUT2D eigenvalue weighted by atomic mass is 16.6. The van der Waals surface area contributed by atoms with E-state index in [1.54, 1.807) is 0 Å². The van der Waals surface area contributed by atoms with Crippen LogP contribution in [-0.2, 0) is 28.6 Å². The van der Waals surface area contributed by atoms with Gasteiger partial charge in [-0.25, -0.2) is 4.79 Å². The van der Waals surface area contributed by atoms with Gasteiger partial charge in [-0.2, -0.15) is 0 Å². The normalized spacial score (nSPS) is 12.5. The SMILES string of the molecule is CCCCCCCCCCCCCCCC(=O)OCC(COCC(N=O)C(=O)O)OC(=O)CCCCCCCCCCCCCCC. The molecule has 0 aliphatic heterocycles. The molecule has 0 spiro atoms. The molecule has 276 valence electrons. The van der Waals surface area contributed by atoms with Crippen molar-refractivity contribution in [2.45, 2.75) is 206 Å². The lowest BCUT2D eigenvalue weighted by atomic mass is 10.0. The van der Waals surface area contributed by atoms with Gasteiger partial charge in [0.05, 0.1) is 13.2 Å². The molecule has 0 radical (unpaired) electrons. The first-order chi connectivity index (χ1) is 22.9. The van der Waals surface area contributed by atoms with Crippen molar-refractivity contribution in [3.8, 4) is 0 Å². The number of carbonyl (C=O) groups is 3. The minimum Gasteiger partial charge on any atom is -0.479 e. The van der Waals surface area contributed by atoms with E-state index >= 15 is 0 Å². The number of hydrogen-bond acceptors (Lipinski definition) is 8. The molecule has 0 aliphatic carbocycles. The molecule has 0 saturated heterocycles. The van der Waals surface area contributed by atoms with E-state index in [0.29, 0.717) is 6.42 Å². The van der Waals surface area contributed by atoms with Gasteiger partial charge in [0.1, 0.15) is 6.61 Å². The first-order valence-corrected chi connectivity index (χ1v) is 19.4. The van der Waals surface area contributed by atoms with Gasteiger partial charge in [-0.05, 0) is 12.8 Å². The molecule has 1 N–H and O–H groups in total. The number of esters is 2. The quantitative estimate of drug-likeness (QED) is 0.0393. The van der Waals surface area contributed by atoms with Gasteiger partial charge in [-0.3, -0.25) is 9.59 Å². The van der Waals surface area contributed by atoms with Crippen molar-refractivity contribution < 1.29 is 33.7 Å². The van der Waals surface area contributed by atoms with Gasteiger partial charge in [0, 0.05) is 12.8 Å². The lowest BCUT2D eigenvalue weighted by molar-refractivity contribution is -0.163. The second kappa shape index (κ2) is 35.3. The van der Waals surface area contributed by atoms with Crippen LogP contribution < -0.4 is 0 Å². The predicted octanol–water partition coefficient (Wildman–Crippen LogP) is 10.6. The van der Waals surface area contributed by atoms with Crippen LogP contribution in [0.5, 0.6) is 0 Å². The highest BCUT2D eigenvalue weighted by molar-refractivity contribution is 5.73. The lowest BCUT2D eigenvalue weighted by Gasteiger charge is -2.18. The van der Waals surface area contributed by atoms with Crippen LogP contribution in [0.25, 0.3) is 0 Å². The molecule has 0 saturated carbocycles. The van der Waals surface area contributed by atoms with Crippen LogP contribution >= 0.6 is 0 Å². The van der Waals surface area contributed by atoms with E-state index in [1.165, 1.54) is 128 Å². The number of unbranched alkanes of at least 4 members (excludes halogenated alkanes) is 24. The molecule has 47 heavy (non-hydrogen) atoms. The second-order valence-corrected chi connectivity index (χ2v) is 13.3. The van der Waals surface area contributed by atoms with Crippen molar-refractivity contribution in [3.05, 3.63) is 4.91 Å². The fourth-order valence-electron chi connectivity index (χ4n) is 5.65. The molecule has 0 aliphatic rings. The van der Waals surface area contributed by atoms with Crippen molar-refractivity contribution >= 4 is 17.9 Å². The number of aliphatic carboxylic acids is 1. The van der Waals surface area contributed by atoms with Crippen molar-refractivity contribution in [1.82, 2.24) is 0 Å². The summed E-state index contributed by atoms with van der Waals surface area (Å²) >= 11 is 0. The zero-order chi connectivity index (χ0) is 34.6. The smallest absolute Gasteiger partial charge is 0.334 e. The summed E-state index contributed by atoms with van der Waals surface area (Å²) in [4.78, 5) is 46.6. The fourth-order valence-corrected chi connectivity index (χ4v) is 5.65. The molecule has 2 atom stereocenters. The zero-order valence-electron chi connectivity index (χ0n) is 30.3. The average molecular weight is 670 g/mol. The monoisotopic (exact) mass is 670 g/mol. The summed E-state index contributed by atoms with van der Waals surface area (Å²) in [6.45, 7) is 3.68. The molecule has 0 heterocycles. The number of nitrogens with zero attached hydrogens (tertiary/aromatic N) is 1. The summed E-state index contributed by atoms with van der Waals surface area (Å²) in [6, 6.07) is -1.55. The van der Waals surface area contributed by atoms with Gasteiger partial charge in [-0.15, -0.1) is 4.91 Å². The molecule has 0 bridgehead atoms. The van der Waals surface area contributed by atoms with E-state index < -0.39 is 30.7 Å². The molecule has 0 amide bonds. The molecule has 0 aromatic rings. The minimum atomic E-state index is -1.55. The Labute approximate surface area is 287 Å². The molecule has 0 aromatic carbocycles. The number of ether oxygens (including phenoxy) is 3. The van der Waals surface area contributed by atoms with E-state index in [9.17, 15) is 19.3 Å². The maximum Gasteiger partial charge on any atom is 0.334 e. The van der Waals surface area contributed by atoms with Gasteiger partial charge in [0.25, 0.3) is 0 Å². The van der Waals surface area contributed by atoms with E-state index in [2.05, 4.69) is 19.0 Å². The standard InChI is InChI=1S/C38H71NO8/c1-3-5-7-9-11-13-15-17-19-21-23-25-27-29-36(40)46-32-34(31-45-33-35(39-44)38(42)43)47-37(41)30-28-26-24-22-20-18-16-14-12-10-8-6-4-2/h34-35H,3-33H2,1-2H3,(H,42,43). The largest absolute Gasteiger partial charge is 0.479 e. The molecule has 9 heteroatoms. The summed E-state index contributed by atoms with van der Waals surface area (Å²) in [5, 5.41) is 11.5. The fraction of sp³-hybridized carbons (Fsp3) is 0.921.